The molecule has 12 nitrogen and oxygen atoms in total. The number of nitrogens with one attached hydrogen (secondary N) is 1. The third-order valence-corrected chi connectivity index (χ3v) is 10.8. The molecule has 1 amide bonds. The predicted octanol–water partition coefficient (Wildman–Crippen LogP) is 5.16. The Morgan fingerprint density at radius 1 is 0.961 bits per heavy atom. The molecule has 5 atom stereocenters. The molecule has 3 heterocycles. The van der Waals surface area contributed by atoms with E-state index < -0.39 is 34.4 Å². The fraction of sp³-hybridized carbons (Fsp3) is 0.421. The number of nitrogens with zero attached hydrogens (tertiary/aromatic N) is 2. The molecule has 0 radical (unpaired) electrons. The maximum atomic E-state index is 14.1. The summed E-state index contributed by atoms with van der Waals surface area (Å²) in [5.41, 5.74) is 3.13. The maximum Gasteiger partial charge on any atom is 0.407 e. The molecule has 0 bridgehead atoms. The number of oxazole rings is 1. The van der Waals surface area contributed by atoms with Crippen molar-refractivity contribution in [1.82, 2.24) is 14.6 Å². The van der Waals surface area contributed by atoms with E-state index in [0.717, 1.165) is 17.5 Å². The van der Waals surface area contributed by atoms with Crippen LogP contribution in [0.1, 0.15) is 37.3 Å². The molecule has 1 aromatic heterocycles. The van der Waals surface area contributed by atoms with Crippen molar-refractivity contribution in [3.05, 3.63) is 108 Å². The number of sulfonamides is 1. The third-order valence-electron chi connectivity index (χ3n) is 8.95. The lowest BCUT2D eigenvalue weighted by molar-refractivity contribution is -0.0907. The Morgan fingerprint density at radius 2 is 1.67 bits per heavy atom. The highest BCUT2D eigenvalue weighted by atomic mass is 32.2. The highest BCUT2D eigenvalue weighted by Gasteiger charge is 2.44. The summed E-state index contributed by atoms with van der Waals surface area (Å²) in [6.07, 6.45) is -0.314. The minimum Gasteiger partial charge on any atom is -0.446 e. The van der Waals surface area contributed by atoms with E-state index in [0.29, 0.717) is 30.4 Å². The minimum absolute atomic E-state index is 0.0432. The van der Waals surface area contributed by atoms with Gasteiger partial charge in [-0.15, -0.1) is 0 Å². The molecule has 2 N–H and O–H groups in total. The minimum atomic E-state index is -4.05. The number of alkyl carbamates (subject to hydrolysis) is 1. The van der Waals surface area contributed by atoms with Crippen LogP contribution in [0.2, 0.25) is 0 Å². The molecule has 272 valence electrons. The Morgan fingerprint density at radius 3 is 2.37 bits per heavy atom. The topological polar surface area (TPSA) is 150 Å². The molecule has 0 saturated carbocycles. The number of fused-ring (bicyclic) bond motifs is 1. The standard InChI is InChI=1S/C38H45N3O9S/c1-26(2)20-41(21-34(42)32(19-27-9-5-3-6-10-27)40-38(43)50-35-24-49-37-31(35)17-18-47-37)51(44,45)30-15-13-29(14-16-30)33-23-48-36(39-33)25-46-22-28-11-7-4-8-12-28/h3-16,23,26,31-32,34-35,37,42H,17-22,24-25H2,1-2H3,(H,40,43)/t31-,32-,34+,35-,37+/m0/s1. The molecule has 51 heavy (non-hydrogen) atoms. The van der Waals surface area contributed by atoms with Crippen molar-refractivity contribution in [3.63, 3.8) is 0 Å². The van der Waals surface area contributed by atoms with Crippen LogP contribution in [-0.2, 0) is 48.6 Å². The van der Waals surface area contributed by atoms with Crippen molar-refractivity contribution in [2.75, 3.05) is 26.3 Å². The smallest absolute Gasteiger partial charge is 0.407 e. The first-order valence-corrected chi connectivity index (χ1v) is 18.7. The number of aromatic nitrogens is 1. The second kappa shape index (κ2) is 16.9. The first-order valence-electron chi connectivity index (χ1n) is 17.2. The van der Waals surface area contributed by atoms with Gasteiger partial charge in [0, 0.05) is 18.7 Å². The molecular weight excluding hydrogens is 674 g/mol. The van der Waals surface area contributed by atoms with E-state index in [1.807, 2.05) is 74.5 Å². The summed E-state index contributed by atoms with van der Waals surface area (Å²) < 4.78 is 57.6. The summed E-state index contributed by atoms with van der Waals surface area (Å²) in [4.78, 5) is 17.7. The first-order chi connectivity index (χ1) is 24.7. The van der Waals surface area contributed by atoms with Crippen LogP contribution in [0.25, 0.3) is 11.3 Å². The van der Waals surface area contributed by atoms with E-state index in [1.165, 1.54) is 22.7 Å². The van der Waals surface area contributed by atoms with Crippen LogP contribution in [0.4, 0.5) is 4.79 Å². The summed E-state index contributed by atoms with van der Waals surface area (Å²) in [5.74, 6) is 0.320. The molecule has 3 aromatic carbocycles. The molecule has 6 rings (SSSR count). The van der Waals surface area contributed by atoms with Gasteiger partial charge in [-0.2, -0.15) is 4.31 Å². The van der Waals surface area contributed by atoms with E-state index in [2.05, 4.69) is 10.3 Å². The normalized spacial score (nSPS) is 20.0. The summed E-state index contributed by atoms with van der Waals surface area (Å²) in [6.45, 7) is 5.11. The van der Waals surface area contributed by atoms with E-state index in [-0.39, 0.29) is 55.7 Å². The van der Waals surface area contributed by atoms with Gasteiger partial charge in [-0.05, 0) is 42.0 Å². The predicted molar refractivity (Wildman–Crippen MR) is 188 cm³/mol. The molecule has 2 fully saturated rings. The monoisotopic (exact) mass is 719 g/mol. The van der Waals surface area contributed by atoms with Gasteiger partial charge in [0.2, 0.25) is 15.9 Å². The molecule has 2 saturated heterocycles. The molecular formula is C38H45N3O9S. The van der Waals surface area contributed by atoms with Crippen molar-refractivity contribution in [2.45, 2.75) is 69.3 Å². The van der Waals surface area contributed by atoms with Gasteiger partial charge < -0.3 is 33.8 Å². The Kier molecular flexibility index (Phi) is 12.2. The summed E-state index contributed by atoms with van der Waals surface area (Å²) >= 11 is 0. The van der Waals surface area contributed by atoms with Crippen molar-refractivity contribution >= 4 is 16.1 Å². The van der Waals surface area contributed by atoms with Crippen LogP contribution in [0.5, 0.6) is 0 Å². The molecule has 0 unspecified atom stereocenters. The molecule has 0 aliphatic carbocycles. The van der Waals surface area contributed by atoms with Gasteiger partial charge in [-0.25, -0.2) is 18.2 Å². The van der Waals surface area contributed by atoms with Crippen LogP contribution in [0.3, 0.4) is 0 Å². The van der Waals surface area contributed by atoms with Crippen molar-refractivity contribution < 1.29 is 41.7 Å². The van der Waals surface area contributed by atoms with Gasteiger partial charge in [-0.3, -0.25) is 0 Å². The Hall–Kier alpha value is -4.11. The molecule has 2 aliphatic rings. The fourth-order valence-corrected chi connectivity index (χ4v) is 7.94. The van der Waals surface area contributed by atoms with Crippen molar-refractivity contribution in [2.24, 2.45) is 11.8 Å². The van der Waals surface area contributed by atoms with Gasteiger partial charge in [0.15, 0.2) is 6.29 Å². The summed E-state index contributed by atoms with van der Waals surface area (Å²) in [5, 5.41) is 14.4. The van der Waals surface area contributed by atoms with Crippen molar-refractivity contribution in [1.29, 1.82) is 0 Å². The largest absolute Gasteiger partial charge is 0.446 e. The highest BCUT2D eigenvalue weighted by Crippen LogP contribution is 2.33. The number of amides is 1. The van der Waals surface area contributed by atoms with E-state index in [9.17, 15) is 18.3 Å². The van der Waals surface area contributed by atoms with E-state index in [4.69, 9.17) is 23.4 Å². The highest BCUT2D eigenvalue weighted by molar-refractivity contribution is 7.89. The van der Waals surface area contributed by atoms with Crippen LogP contribution in [0.15, 0.2) is 101 Å². The van der Waals surface area contributed by atoms with Crippen molar-refractivity contribution in [3.8, 4) is 11.3 Å². The lowest BCUT2D eigenvalue weighted by atomic mass is 10.0. The number of benzene rings is 3. The quantitative estimate of drug-likeness (QED) is 0.159. The average Bonchev–Trinajstić information content (AvgIpc) is 3.88. The summed E-state index contributed by atoms with van der Waals surface area (Å²) in [7, 11) is -4.05. The van der Waals surface area contributed by atoms with Gasteiger partial charge in [0.25, 0.3) is 0 Å². The Labute approximate surface area is 298 Å². The van der Waals surface area contributed by atoms with Crippen LogP contribution >= 0.6 is 0 Å². The molecule has 4 aromatic rings. The lowest BCUT2D eigenvalue weighted by Gasteiger charge is -2.31. The second-order valence-electron chi connectivity index (χ2n) is 13.3. The molecule has 13 heteroatoms. The number of ether oxygens (including phenoxy) is 4. The Balaban J connectivity index is 1.12. The lowest BCUT2D eigenvalue weighted by Crippen LogP contribution is -2.51. The zero-order valence-corrected chi connectivity index (χ0v) is 29.6. The first kappa shape index (κ1) is 36.7. The zero-order chi connectivity index (χ0) is 35.8. The Bertz CT molecular complexity index is 1800. The SMILES string of the molecule is CC(C)CN(C[C@@H](O)[C@H](Cc1ccccc1)NC(=O)O[C@H]1CO[C@H]2OCC[C@H]21)S(=O)(=O)c1ccc(-c2coc(COCc3ccccc3)n2)cc1. The van der Waals surface area contributed by atoms with Crippen LogP contribution < -0.4 is 5.32 Å². The van der Waals surface area contributed by atoms with Crippen LogP contribution in [-0.4, -0.2) is 79.7 Å². The number of rotatable bonds is 16. The number of hydrogen-bond acceptors (Lipinski definition) is 10. The van der Waals surface area contributed by atoms with E-state index in [1.54, 1.807) is 12.1 Å². The van der Waals surface area contributed by atoms with Gasteiger partial charge >= 0.3 is 6.09 Å². The van der Waals surface area contributed by atoms with Gasteiger partial charge in [0.1, 0.15) is 24.7 Å². The second-order valence-corrected chi connectivity index (χ2v) is 15.3. The zero-order valence-electron chi connectivity index (χ0n) is 28.8. The third kappa shape index (κ3) is 9.61. The fourth-order valence-electron chi connectivity index (χ4n) is 6.32. The number of hydrogen-bond donors (Lipinski definition) is 2. The number of carbonyl (C=O) groups excluding carboxylic acids is 1. The van der Waals surface area contributed by atoms with Gasteiger partial charge in [0.05, 0.1) is 42.8 Å². The molecule has 2 aliphatic heterocycles. The molecule has 0 spiro atoms. The average molecular weight is 720 g/mol. The number of carbonyl (C=O) groups is 1. The maximum absolute atomic E-state index is 14.1. The van der Waals surface area contributed by atoms with E-state index >= 15 is 0 Å². The van der Waals surface area contributed by atoms with Crippen LogP contribution in [0, 0.1) is 11.8 Å². The number of aliphatic hydroxyl groups excluding tert-OH is 1. The summed E-state index contributed by atoms with van der Waals surface area (Å²) in [6, 6.07) is 24.7. The van der Waals surface area contributed by atoms with Gasteiger partial charge in [-0.1, -0.05) is 86.6 Å². The number of aliphatic hydroxyl groups is 1.